The van der Waals surface area contributed by atoms with Crippen LogP contribution in [0.2, 0.25) is 0 Å². The smallest absolute Gasteiger partial charge is 0.0827 e. The highest BCUT2D eigenvalue weighted by molar-refractivity contribution is 5.06. The van der Waals surface area contributed by atoms with Crippen LogP contribution in [0.3, 0.4) is 0 Å². The fraction of sp³-hybridized carbons (Fsp3) is 0.895. The van der Waals surface area contributed by atoms with Crippen LogP contribution in [0.15, 0.2) is 6.20 Å². The SMILES string of the molecule is c1c(CCCN2CCOCC2)nnn1C12CC3CC(CC(C3)C1)C2. The van der Waals surface area contributed by atoms with Crippen LogP contribution in [-0.4, -0.2) is 52.7 Å². The van der Waals surface area contributed by atoms with Crippen LogP contribution in [0, 0.1) is 17.8 Å². The minimum Gasteiger partial charge on any atom is -0.379 e. The average molecular weight is 330 g/mol. The Bertz CT molecular complexity index is 542. The predicted octanol–water partition coefficient (Wildman–Crippen LogP) is 2.47. The number of aryl methyl sites for hydroxylation is 1. The Morgan fingerprint density at radius 2 is 1.71 bits per heavy atom. The van der Waals surface area contributed by atoms with Crippen LogP contribution in [0.1, 0.15) is 50.6 Å². The number of nitrogens with zero attached hydrogens (tertiary/aromatic N) is 4. The Labute approximate surface area is 144 Å². The molecule has 0 aromatic carbocycles. The summed E-state index contributed by atoms with van der Waals surface area (Å²) in [4.78, 5) is 2.51. The highest BCUT2D eigenvalue weighted by atomic mass is 16.5. The van der Waals surface area contributed by atoms with Crippen molar-refractivity contribution in [3.8, 4) is 0 Å². The van der Waals surface area contributed by atoms with E-state index in [2.05, 4.69) is 26.1 Å². The zero-order chi connectivity index (χ0) is 16.0. The molecule has 5 fully saturated rings. The second-order valence-corrected chi connectivity index (χ2v) is 8.85. The summed E-state index contributed by atoms with van der Waals surface area (Å²) in [5.41, 5.74) is 1.52. The zero-order valence-corrected chi connectivity index (χ0v) is 14.7. The molecule has 4 bridgehead atoms. The average Bonchev–Trinajstić information content (AvgIpc) is 3.04. The molecule has 0 amide bonds. The van der Waals surface area contributed by atoms with Crippen molar-refractivity contribution in [2.45, 2.75) is 56.9 Å². The van der Waals surface area contributed by atoms with Gasteiger partial charge < -0.3 is 4.74 Å². The Morgan fingerprint density at radius 3 is 2.38 bits per heavy atom. The quantitative estimate of drug-likeness (QED) is 0.832. The van der Waals surface area contributed by atoms with E-state index in [1.54, 1.807) is 0 Å². The van der Waals surface area contributed by atoms with Gasteiger partial charge in [0.25, 0.3) is 0 Å². The molecule has 1 aromatic heterocycles. The van der Waals surface area contributed by atoms with Gasteiger partial charge in [0, 0.05) is 19.3 Å². The molecule has 132 valence electrons. The van der Waals surface area contributed by atoms with Gasteiger partial charge in [0.2, 0.25) is 0 Å². The van der Waals surface area contributed by atoms with Crippen molar-refractivity contribution in [1.82, 2.24) is 19.9 Å². The molecule has 0 unspecified atom stereocenters. The maximum Gasteiger partial charge on any atom is 0.0827 e. The monoisotopic (exact) mass is 330 g/mol. The van der Waals surface area contributed by atoms with Gasteiger partial charge in [0.15, 0.2) is 0 Å². The lowest BCUT2D eigenvalue weighted by Gasteiger charge is -2.56. The summed E-state index contributed by atoms with van der Waals surface area (Å²) in [6, 6.07) is 0. The van der Waals surface area contributed by atoms with E-state index >= 15 is 0 Å². The first-order valence-corrected chi connectivity index (χ1v) is 10.0. The Morgan fingerprint density at radius 1 is 1.04 bits per heavy atom. The zero-order valence-electron chi connectivity index (χ0n) is 14.7. The molecule has 0 spiro atoms. The standard InChI is InChI=1S/C19H30N4O/c1(3-22-4-6-24-7-5-22)2-18-14-23(21-20-18)19-11-15-8-16(12-19)10-17(9-15)13-19/h14-17H,1-13H2. The summed E-state index contributed by atoms with van der Waals surface area (Å²) in [6.45, 7) is 5.11. The number of rotatable bonds is 5. The molecule has 1 saturated heterocycles. The van der Waals surface area contributed by atoms with Crippen molar-refractivity contribution in [2.75, 3.05) is 32.8 Å². The summed E-state index contributed by atoms with van der Waals surface area (Å²) in [7, 11) is 0. The van der Waals surface area contributed by atoms with E-state index in [9.17, 15) is 0 Å². The fourth-order valence-electron chi connectivity index (χ4n) is 6.30. The third-order valence-electron chi connectivity index (χ3n) is 7.04. The lowest BCUT2D eigenvalue weighted by Crippen LogP contribution is -2.52. The largest absolute Gasteiger partial charge is 0.379 e. The van der Waals surface area contributed by atoms with E-state index in [0.717, 1.165) is 57.0 Å². The third-order valence-corrected chi connectivity index (χ3v) is 7.04. The number of hydrogen-bond donors (Lipinski definition) is 0. The maximum atomic E-state index is 5.42. The second kappa shape index (κ2) is 6.10. The van der Waals surface area contributed by atoms with Gasteiger partial charge in [-0.05, 0) is 75.7 Å². The molecule has 2 heterocycles. The lowest BCUT2D eigenvalue weighted by atomic mass is 9.53. The van der Waals surface area contributed by atoms with Gasteiger partial charge in [-0.15, -0.1) is 5.10 Å². The third kappa shape index (κ3) is 2.80. The van der Waals surface area contributed by atoms with Crippen LogP contribution in [-0.2, 0) is 16.7 Å². The first-order valence-electron chi connectivity index (χ1n) is 10.0. The van der Waals surface area contributed by atoms with E-state index in [4.69, 9.17) is 4.74 Å². The van der Waals surface area contributed by atoms with Crippen LogP contribution in [0.25, 0.3) is 0 Å². The first kappa shape index (κ1) is 15.3. The van der Waals surface area contributed by atoms with E-state index < -0.39 is 0 Å². The fourth-order valence-corrected chi connectivity index (χ4v) is 6.30. The van der Waals surface area contributed by atoms with E-state index in [0.29, 0.717) is 5.54 Å². The Kier molecular flexibility index (Phi) is 3.89. The molecular weight excluding hydrogens is 300 g/mol. The molecular formula is C19H30N4O. The predicted molar refractivity (Wildman–Crippen MR) is 91.7 cm³/mol. The topological polar surface area (TPSA) is 43.2 Å². The summed E-state index contributed by atoms with van der Waals surface area (Å²) in [5.74, 6) is 2.89. The van der Waals surface area contributed by atoms with Gasteiger partial charge in [0.05, 0.1) is 24.4 Å². The van der Waals surface area contributed by atoms with Crippen LogP contribution < -0.4 is 0 Å². The van der Waals surface area contributed by atoms with Gasteiger partial charge in [-0.3, -0.25) is 4.90 Å². The first-order chi connectivity index (χ1) is 11.8. The van der Waals surface area contributed by atoms with Crippen LogP contribution >= 0.6 is 0 Å². The second-order valence-electron chi connectivity index (χ2n) is 8.85. The molecule has 6 rings (SSSR count). The lowest BCUT2D eigenvalue weighted by molar-refractivity contribution is -0.0502. The number of aromatic nitrogens is 3. The summed E-state index contributed by atoms with van der Waals surface area (Å²) in [5, 5.41) is 9.13. The molecule has 5 aliphatic rings. The maximum absolute atomic E-state index is 5.42. The highest BCUT2D eigenvalue weighted by Gasteiger charge is 2.52. The normalized spacial score (nSPS) is 38.8. The van der Waals surface area contributed by atoms with E-state index in [1.165, 1.54) is 50.6 Å². The number of morpholine rings is 1. The van der Waals surface area contributed by atoms with E-state index in [-0.39, 0.29) is 0 Å². The van der Waals surface area contributed by atoms with Crippen molar-refractivity contribution in [1.29, 1.82) is 0 Å². The Hall–Kier alpha value is -0.940. The Balaban J connectivity index is 1.21. The van der Waals surface area contributed by atoms with Crippen LogP contribution in [0.5, 0.6) is 0 Å². The van der Waals surface area contributed by atoms with Gasteiger partial charge in [-0.1, -0.05) is 5.21 Å². The minimum atomic E-state index is 0.324. The molecule has 4 saturated carbocycles. The summed E-state index contributed by atoms with van der Waals surface area (Å²) < 4.78 is 7.71. The summed E-state index contributed by atoms with van der Waals surface area (Å²) >= 11 is 0. The minimum absolute atomic E-state index is 0.324. The number of hydrogen-bond acceptors (Lipinski definition) is 4. The molecule has 0 radical (unpaired) electrons. The molecule has 5 heteroatoms. The molecule has 1 aromatic rings. The molecule has 24 heavy (non-hydrogen) atoms. The van der Waals surface area contributed by atoms with Gasteiger partial charge in [0.1, 0.15) is 0 Å². The van der Waals surface area contributed by atoms with Crippen molar-refractivity contribution in [2.24, 2.45) is 17.8 Å². The van der Waals surface area contributed by atoms with Crippen molar-refractivity contribution < 1.29 is 4.74 Å². The van der Waals surface area contributed by atoms with Crippen molar-refractivity contribution in [3.63, 3.8) is 0 Å². The van der Waals surface area contributed by atoms with Crippen LogP contribution in [0.4, 0.5) is 0 Å². The van der Waals surface area contributed by atoms with Crippen molar-refractivity contribution >= 4 is 0 Å². The molecule has 4 aliphatic carbocycles. The van der Waals surface area contributed by atoms with Crippen molar-refractivity contribution in [3.05, 3.63) is 11.9 Å². The molecule has 0 N–H and O–H groups in total. The molecule has 0 atom stereocenters. The van der Waals surface area contributed by atoms with Gasteiger partial charge in [-0.25, -0.2) is 4.68 Å². The van der Waals surface area contributed by atoms with Gasteiger partial charge in [-0.2, -0.15) is 0 Å². The number of ether oxygens (including phenoxy) is 1. The highest BCUT2D eigenvalue weighted by Crippen LogP contribution is 2.58. The molecule has 5 nitrogen and oxygen atoms in total. The van der Waals surface area contributed by atoms with E-state index in [1.807, 2.05) is 0 Å². The summed E-state index contributed by atoms with van der Waals surface area (Å²) in [6.07, 6.45) is 13.1. The molecule has 1 aliphatic heterocycles. The van der Waals surface area contributed by atoms with Gasteiger partial charge >= 0.3 is 0 Å².